The monoisotopic (exact) mass is 340 g/mol. The van der Waals surface area contributed by atoms with Crippen LogP contribution in [0.15, 0.2) is 12.1 Å². The van der Waals surface area contributed by atoms with Gasteiger partial charge in [-0.1, -0.05) is 30.1 Å². The van der Waals surface area contributed by atoms with E-state index in [1.165, 1.54) is 12.1 Å². The largest absolute Gasteiger partial charge is 0.432 e. The predicted octanol–water partition coefficient (Wildman–Crippen LogP) is 3.91. The number of nitrogens with two attached hydrogens (primary N) is 1. The molecule has 0 saturated heterocycles. The van der Waals surface area contributed by atoms with Gasteiger partial charge in [0.05, 0.1) is 15.5 Å². The van der Waals surface area contributed by atoms with Crippen LogP contribution in [0.4, 0.5) is 14.5 Å². The highest BCUT2D eigenvalue weighted by Crippen LogP contribution is 2.37. The molecule has 1 amide bonds. The highest BCUT2D eigenvalue weighted by atomic mass is 35.5. The number of hydrogen-bond donors (Lipinski definition) is 2. The van der Waals surface area contributed by atoms with E-state index in [0.29, 0.717) is 6.42 Å². The van der Waals surface area contributed by atoms with Crippen LogP contribution in [-0.4, -0.2) is 19.1 Å². The van der Waals surface area contributed by atoms with Gasteiger partial charge in [-0.3, -0.25) is 4.79 Å². The third-order valence-electron chi connectivity index (χ3n) is 3.24. The molecule has 4 nitrogen and oxygen atoms in total. The fraction of sp³-hybridized carbons (Fsp3) is 0.462. The van der Waals surface area contributed by atoms with Crippen LogP contribution >= 0.6 is 23.2 Å². The Kier molecular flexibility index (Phi) is 6.19. The van der Waals surface area contributed by atoms with Crippen molar-refractivity contribution in [3.8, 4) is 5.75 Å². The van der Waals surface area contributed by atoms with Gasteiger partial charge in [-0.2, -0.15) is 8.78 Å². The van der Waals surface area contributed by atoms with Gasteiger partial charge >= 0.3 is 6.61 Å². The second-order valence-corrected chi connectivity index (χ2v) is 5.53. The SMILES string of the molecule is CCC(C)(CN)C(=O)Nc1cc(Cl)c(OC(F)F)c(Cl)c1. The van der Waals surface area contributed by atoms with E-state index in [1.54, 1.807) is 6.92 Å². The minimum absolute atomic E-state index is 0.121. The van der Waals surface area contributed by atoms with Crippen LogP contribution in [0.5, 0.6) is 5.75 Å². The second kappa shape index (κ2) is 7.24. The van der Waals surface area contributed by atoms with Crippen LogP contribution in [0.2, 0.25) is 10.0 Å². The Morgan fingerprint density at radius 3 is 2.33 bits per heavy atom. The molecule has 0 aromatic heterocycles. The van der Waals surface area contributed by atoms with E-state index in [4.69, 9.17) is 28.9 Å². The Balaban J connectivity index is 2.99. The van der Waals surface area contributed by atoms with Crippen LogP contribution in [0.3, 0.4) is 0 Å². The minimum Gasteiger partial charge on any atom is -0.432 e. The summed E-state index contributed by atoms with van der Waals surface area (Å²) < 4.78 is 28.6. The number of halogens is 4. The zero-order valence-electron chi connectivity index (χ0n) is 11.6. The lowest BCUT2D eigenvalue weighted by molar-refractivity contribution is -0.124. The number of amides is 1. The first-order valence-corrected chi connectivity index (χ1v) is 6.94. The average Bonchev–Trinajstić information content (AvgIpc) is 2.41. The van der Waals surface area contributed by atoms with Gasteiger partial charge in [0.25, 0.3) is 0 Å². The van der Waals surface area contributed by atoms with Crippen LogP contribution < -0.4 is 15.8 Å². The number of benzene rings is 1. The Bertz CT molecular complexity index is 500. The number of ether oxygens (including phenoxy) is 1. The summed E-state index contributed by atoms with van der Waals surface area (Å²) in [6.07, 6.45) is 0.545. The molecule has 0 radical (unpaired) electrons. The number of carbonyl (C=O) groups is 1. The molecule has 0 aliphatic rings. The molecule has 0 saturated carbocycles. The molecule has 3 N–H and O–H groups in total. The zero-order chi connectivity index (χ0) is 16.2. The van der Waals surface area contributed by atoms with Gasteiger partial charge in [0.1, 0.15) is 0 Å². The van der Waals surface area contributed by atoms with E-state index in [2.05, 4.69) is 10.1 Å². The quantitative estimate of drug-likeness (QED) is 0.825. The molecule has 1 rings (SSSR count). The molecule has 0 aliphatic carbocycles. The van der Waals surface area contributed by atoms with E-state index in [9.17, 15) is 13.6 Å². The van der Waals surface area contributed by atoms with Crippen molar-refractivity contribution >= 4 is 34.8 Å². The van der Waals surface area contributed by atoms with Crippen LogP contribution in [0, 0.1) is 5.41 Å². The van der Waals surface area contributed by atoms with Crippen molar-refractivity contribution in [2.75, 3.05) is 11.9 Å². The molecular weight excluding hydrogens is 325 g/mol. The number of rotatable bonds is 6. The smallest absolute Gasteiger partial charge is 0.387 e. The fourth-order valence-corrected chi connectivity index (χ4v) is 2.09. The molecular formula is C13H16Cl2F2N2O2. The second-order valence-electron chi connectivity index (χ2n) is 4.72. The van der Waals surface area contributed by atoms with Gasteiger partial charge < -0.3 is 15.8 Å². The van der Waals surface area contributed by atoms with E-state index in [0.717, 1.165) is 0 Å². The van der Waals surface area contributed by atoms with E-state index >= 15 is 0 Å². The lowest BCUT2D eigenvalue weighted by Crippen LogP contribution is -2.39. The van der Waals surface area contributed by atoms with Crippen LogP contribution in [-0.2, 0) is 4.79 Å². The Morgan fingerprint density at radius 2 is 1.95 bits per heavy atom. The molecule has 1 aromatic carbocycles. The van der Waals surface area contributed by atoms with Gasteiger partial charge in [0.2, 0.25) is 5.91 Å². The fourth-order valence-electron chi connectivity index (χ4n) is 1.51. The van der Waals surface area contributed by atoms with Gasteiger partial charge in [-0.25, -0.2) is 0 Å². The Labute approximate surface area is 131 Å². The molecule has 0 spiro atoms. The van der Waals surface area contributed by atoms with E-state index < -0.39 is 12.0 Å². The predicted molar refractivity (Wildman–Crippen MR) is 79.2 cm³/mol. The highest BCUT2D eigenvalue weighted by Gasteiger charge is 2.30. The normalized spacial score (nSPS) is 13.9. The van der Waals surface area contributed by atoms with Crippen molar-refractivity contribution in [3.63, 3.8) is 0 Å². The van der Waals surface area contributed by atoms with E-state index in [1.807, 2.05) is 6.92 Å². The molecule has 21 heavy (non-hydrogen) atoms. The van der Waals surface area contributed by atoms with Crippen molar-refractivity contribution in [1.29, 1.82) is 0 Å². The van der Waals surface area contributed by atoms with Crippen molar-refractivity contribution in [2.45, 2.75) is 26.9 Å². The number of anilines is 1. The third-order valence-corrected chi connectivity index (χ3v) is 3.80. The molecule has 1 unspecified atom stereocenters. The number of carbonyl (C=O) groups excluding carboxylic acids is 1. The van der Waals surface area contributed by atoms with Gasteiger partial charge in [0, 0.05) is 12.2 Å². The zero-order valence-corrected chi connectivity index (χ0v) is 13.1. The summed E-state index contributed by atoms with van der Waals surface area (Å²) in [5.41, 5.74) is 5.14. The van der Waals surface area contributed by atoms with E-state index in [-0.39, 0.29) is 33.9 Å². The Hall–Kier alpha value is -1.11. The van der Waals surface area contributed by atoms with Crippen LogP contribution in [0.1, 0.15) is 20.3 Å². The summed E-state index contributed by atoms with van der Waals surface area (Å²) in [4.78, 5) is 12.2. The van der Waals surface area contributed by atoms with Crippen LogP contribution in [0.25, 0.3) is 0 Å². The molecule has 1 aromatic rings. The summed E-state index contributed by atoms with van der Waals surface area (Å²) in [6.45, 7) is 0.691. The lowest BCUT2D eigenvalue weighted by Gasteiger charge is -2.25. The first-order chi connectivity index (χ1) is 9.73. The topological polar surface area (TPSA) is 64.4 Å². The summed E-state index contributed by atoms with van der Waals surface area (Å²) >= 11 is 11.7. The standard InChI is InChI=1S/C13H16Cl2F2N2O2/c1-3-13(2,6-18)11(20)19-7-4-8(14)10(9(15)5-7)21-12(16)17/h4-5,12H,3,6,18H2,1-2H3,(H,19,20). The number of alkyl halides is 2. The number of nitrogens with one attached hydrogen (secondary N) is 1. The van der Waals surface area contributed by atoms with Gasteiger partial charge in [-0.15, -0.1) is 0 Å². The maximum Gasteiger partial charge on any atom is 0.387 e. The first kappa shape index (κ1) is 17.9. The Morgan fingerprint density at radius 1 is 1.43 bits per heavy atom. The summed E-state index contributed by atoms with van der Waals surface area (Å²) in [5.74, 6) is -0.634. The first-order valence-electron chi connectivity index (χ1n) is 6.19. The van der Waals surface area contributed by atoms with Gasteiger partial charge in [0.15, 0.2) is 5.75 Å². The summed E-state index contributed by atoms with van der Waals surface area (Å²) in [6, 6.07) is 2.57. The third kappa shape index (κ3) is 4.43. The molecule has 0 aliphatic heterocycles. The van der Waals surface area contributed by atoms with Crippen molar-refractivity contribution in [1.82, 2.24) is 0 Å². The van der Waals surface area contributed by atoms with Crippen molar-refractivity contribution in [3.05, 3.63) is 22.2 Å². The summed E-state index contributed by atoms with van der Waals surface area (Å²) in [7, 11) is 0. The maximum atomic E-state index is 12.2. The highest BCUT2D eigenvalue weighted by molar-refractivity contribution is 6.37. The van der Waals surface area contributed by atoms with Crippen molar-refractivity contribution in [2.24, 2.45) is 11.1 Å². The molecule has 0 heterocycles. The maximum absolute atomic E-state index is 12.2. The van der Waals surface area contributed by atoms with Gasteiger partial charge in [-0.05, 0) is 25.5 Å². The molecule has 1 atom stereocenters. The molecule has 118 valence electrons. The number of hydrogen-bond acceptors (Lipinski definition) is 3. The lowest BCUT2D eigenvalue weighted by atomic mass is 9.86. The van der Waals surface area contributed by atoms with Crippen molar-refractivity contribution < 1.29 is 18.3 Å². The average molecular weight is 341 g/mol. The molecule has 0 fully saturated rings. The molecule has 0 bridgehead atoms. The molecule has 8 heteroatoms. The summed E-state index contributed by atoms with van der Waals surface area (Å²) in [5, 5.41) is 2.37. The minimum atomic E-state index is -3.04.